The van der Waals surface area contributed by atoms with Crippen molar-refractivity contribution in [2.24, 2.45) is 0 Å². The topological polar surface area (TPSA) is 80.1 Å². The molecular formula is C20H19ClN2O5. The lowest BCUT2D eigenvalue weighted by atomic mass is 10.1. The minimum Gasteiger partial charge on any atom is -0.459 e. The Hall–Kier alpha value is -2.64. The van der Waals surface area contributed by atoms with Crippen molar-refractivity contribution < 1.29 is 23.5 Å². The highest BCUT2D eigenvalue weighted by Gasteiger charge is 2.45. The normalized spacial score (nSPS) is 22.1. The van der Waals surface area contributed by atoms with Crippen molar-refractivity contribution >= 4 is 35.0 Å². The summed E-state index contributed by atoms with van der Waals surface area (Å²) in [6.07, 6.45) is 2.87. The summed E-state index contributed by atoms with van der Waals surface area (Å²) in [7, 11) is 0. The molecule has 28 heavy (non-hydrogen) atoms. The smallest absolute Gasteiger partial charge is 0.290 e. The average molecular weight is 403 g/mol. The second-order valence-corrected chi connectivity index (χ2v) is 7.27. The van der Waals surface area contributed by atoms with Gasteiger partial charge in [-0.05, 0) is 49.2 Å². The van der Waals surface area contributed by atoms with E-state index in [2.05, 4.69) is 0 Å². The largest absolute Gasteiger partial charge is 0.459 e. The van der Waals surface area contributed by atoms with Gasteiger partial charge in [0.1, 0.15) is 6.04 Å². The average Bonchev–Trinajstić information content (AvgIpc) is 3.43. The van der Waals surface area contributed by atoms with E-state index in [4.69, 9.17) is 20.8 Å². The van der Waals surface area contributed by atoms with Gasteiger partial charge in [-0.3, -0.25) is 14.4 Å². The van der Waals surface area contributed by atoms with Gasteiger partial charge in [0.15, 0.2) is 5.76 Å². The summed E-state index contributed by atoms with van der Waals surface area (Å²) < 4.78 is 10.9. The molecule has 7 nitrogen and oxygen atoms in total. The third-order valence-corrected chi connectivity index (χ3v) is 5.25. The lowest BCUT2D eigenvalue weighted by Crippen LogP contribution is -2.48. The fourth-order valence-electron chi connectivity index (χ4n) is 3.62. The molecule has 2 unspecified atom stereocenters. The van der Waals surface area contributed by atoms with Crippen molar-refractivity contribution in [3.8, 4) is 0 Å². The molecule has 0 saturated carbocycles. The maximum absolute atomic E-state index is 13.1. The standard InChI is InChI=1S/C20H19ClN2O5/c21-13-5-7-14(8-6-13)23-18(24)11-16(19(23)25)22(12-15-3-1-9-27-15)20(26)17-4-2-10-28-17/h2,4-8,10,15-16H,1,3,9,11-12H2. The van der Waals surface area contributed by atoms with Crippen LogP contribution < -0.4 is 4.90 Å². The van der Waals surface area contributed by atoms with Gasteiger partial charge in [0.25, 0.3) is 11.8 Å². The van der Waals surface area contributed by atoms with Crippen molar-refractivity contribution in [3.05, 3.63) is 53.4 Å². The molecule has 2 fully saturated rings. The van der Waals surface area contributed by atoms with Crippen LogP contribution in [0.4, 0.5) is 5.69 Å². The van der Waals surface area contributed by atoms with Crippen LogP contribution in [0.15, 0.2) is 47.1 Å². The number of imide groups is 1. The highest BCUT2D eigenvalue weighted by molar-refractivity contribution is 6.31. The zero-order valence-electron chi connectivity index (χ0n) is 15.0. The van der Waals surface area contributed by atoms with Gasteiger partial charge in [-0.15, -0.1) is 0 Å². The summed E-state index contributed by atoms with van der Waals surface area (Å²) in [5.41, 5.74) is 0.435. The highest BCUT2D eigenvalue weighted by Crippen LogP contribution is 2.28. The van der Waals surface area contributed by atoms with Gasteiger partial charge in [0.2, 0.25) is 5.91 Å². The second-order valence-electron chi connectivity index (χ2n) is 6.83. The molecule has 2 aliphatic heterocycles. The fourth-order valence-corrected chi connectivity index (χ4v) is 3.75. The predicted molar refractivity (Wildman–Crippen MR) is 101 cm³/mol. The van der Waals surface area contributed by atoms with Crippen LogP contribution in [0.3, 0.4) is 0 Å². The Morgan fingerprint density at radius 1 is 1.21 bits per heavy atom. The van der Waals surface area contributed by atoms with Crippen LogP contribution in [-0.2, 0) is 14.3 Å². The third kappa shape index (κ3) is 3.55. The van der Waals surface area contributed by atoms with Crippen molar-refractivity contribution in [1.82, 2.24) is 4.90 Å². The van der Waals surface area contributed by atoms with Gasteiger partial charge in [0.05, 0.1) is 24.5 Å². The lowest BCUT2D eigenvalue weighted by Gasteiger charge is -2.29. The minimum absolute atomic E-state index is 0.0827. The molecule has 2 atom stereocenters. The van der Waals surface area contributed by atoms with Crippen molar-refractivity contribution in [2.75, 3.05) is 18.1 Å². The van der Waals surface area contributed by atoms with E-state index < -0.39 is 17.9 Å². The van der Waals surface area contributed by atoms with Crippen LogP contribution in [0, 0.1) is 0 Å². The Morgan fingerprint density at radius 3 is 2.64 bits per heavy atom. The monoisotopic (exact) mass is 402 g/mol. The molecule has 0 spiro atoms. The number of halogens is 1. The van der Waals surface area contributed by atoms with Gasteiger partial charge in [-0.1, -0.05) is 11.6 Å². The minimum atomic E-state index is -0.898. The van der Waals surface area contributed by atoms with Crippen molar-refractivity contribution in [2.45, 2.75) is 31.4 Å². The van der Waals surface area contributed by atoms with Crippen LogP contribution in [0.5, 0.6) is 0 Å². The molecule has 4 rings (SSSR count). The van der Waals surface area contributed by atoms with Crippen LogP contribution in [-0.4, -0.2) is 47.9 Å². The lowest BCUT2D eigenvalue weighted by molar-refractivity contribution is -0.122. The zero-order chi connectivity index (χ0) is 19.7. The summed E-state index contributed by atoms with van der Waals surface area (Å²) in [4.78, 5) is 41.2. The SMILES string of the molecule is O=C1CC(N(CC2CCCO2)C(=O)c2ccco2)C(=O)N1c1ccc(Cl)cc1. The number of nitrogens with zero attached hydrogens (tertiary/aromatic N) is 2. The first kappa shape index (κ1) is 18.7. The number of furan rings is 1. The Kier molecular flexibility index (Phi) is 5.19. The molecule has 8 heteroatoms. The van der Waals surface area contributed by atoms with Crippen molar-refractivity contribution in [3.63, 3.8) is 0 Å². The van der Waals surface area contributed by atoms with Crippen LogP contribution in [0.1, 0.15) is 29.8 Å². The zero-order valence-corrected chi connectivity index (χ0v) is 15.8. The fraction of sp³-hybridized carbons (Fsp3) is 0.350. The quantitative estimate of drug-likeness (QED) is 0.718. The first-order valence-corrected chi connectivity index (χ1v) is 9.51. The van der Waals surface area contributed by atoms with Gasteiger partial charge < -0.3 is 14.1 Å². The number of carbonyl (C=O) groups excluding carboxylic acids is 3. The molecule has 3 amide bonds. The number of amides is 3. The number of carbonyl (C=O) groups is 3. The highest BCUT2D eigenvalue weighted by atomic mass is 35.5. The van der Waals surface area contributed by atoms with E-state index in [1.807, 2.05) is 0 Å². The number of ether oxygens (including phenoxy) is 1. The molecule has 2 aromatic rings. The molecule has 146 valence electrons. The number of hydrogen-bond donors (Lipinski definition) is 0. The Labute approximate surface area is 166 Å². The summed E-state index contributed by atoms with van der Waals surface area (Å²) >= 11 is 5.90. The number of anilines is 1. The van der Waals surface area contributed by atoms with Gasteiger partial charge in [-0.2, -0.15) is 0 Å². The summed E-state index contributed by atoms with van der Waals surface area (Å²) in [5, 5.41) is 0.507. The maximum atomic E-state index is 13.1. The molecule has 1 aromatic carbocycles. The van der Waals surface area contributed by atoms with Crippen LogP contribution >= 0.6 is 11.6 Å². The molecular weight excluding hydrogens is 384 g/mol. The molecule has 1 aromatic heterocycles. The Morgan fingerprint density at radius 2 is 2.00 bits per heavy atom. The molecule has 2 aliphatic rings. The van der Waals surface area contributed by atoms with E-state index in [-0.39, 0.29) is 30.7 Å². The number of benzene rings is 1. The Bertz CT molecular complexity index is 875. The van der Waals surface area contributed by atoms with E-state index in [1.54, 1.807) is 36.4 Å². The molecule has 0 aliphatic carbocycles. The molecule has 0 N–H and O–H groups in total. The summed E-state index contributed by atoms with van der Waals surface area (Å²) in [6, 6.07) is 8.71. The van der Waals surface area contributed by atoms with E-state index in [0.29, 0.717) is 17.3 Å². The van der Waals surface area contributed by atoms with Gasteiger partial charge >= 0.3 is 0 Å². The third-order valence-electron chi connectivity index (χ3n) is 5.00. The van der Waals surface area contributed by atoms with E-state index >= 15 is 0 Å². The van der Waals surface area contributed by atoms with Crippen molar-refractivity contribution in [1.29, 1.82) is 0 Å². The summed E-state index contributed by atoms with van der Waals surface area (Å²) in [6.45, 7) is 0.861. The van der Waals surface area contributed by atoms with E-state index in [1.165, 1.54) is 11.2 Å². The van der Waals surface area contributed by atoms with Crippen LogP contribution in [0.2, 0.25) is 5.02 Å². The summed E-state index contributed by atoms with van der Waals surface area (Å²) in [5.74, 6) is -1.10. The number of rotatable bonds is 5. The first-order valence-electron chi connectivity index (χ1n) is 9.13. The van der Waals surface area contributed by atoms with Gasteiger partial charge in [0, 0.05) is 18.2 Å². The number of hydrogen-bond acceptors (Lipinski definition) is 5. The maximum Gasteiger partial charge on any atom is 0.290 e. The Balaban J connectivity index is 1.61. The van der Waals surface area contributed by atoms with Gasteiger partial charge in [-0.25, -0.2) is 4.90 Å². The van der Waals surface area contributed by atoms with E-state index in [0.717, 1.165) is 17.7 Å². The molecule has 3 heterocycles. The molecule has 0 bridgehead atoms. The molecule has 2 saturated heterocycles. The predicted octanol–water partition coefficient (Wildman–Crippen LogP) is 2.89. The first-order chi connectivity index (χ1) is 13.5. The molecule has 0 radical (unpaired) electrons. The van der Waals surface area contributed by atoms with E-state index in [9.17, 15) is 14.4 Å². The van der Waals surface area contributed by atoms with Crippen LogP contribution in [0.25, 0.3) is 0 Å². The second kappa shape index (κ2) is 7.77.